The molecular weight excluding hydrogens is 519 g/mol. The third-order valence-corrected chi connectivity index (χ3v) is 4.66. The zero-order valence-electron chi connectivity index (χ0n) is 19.4. The standard InChI is InChI=1S/C24H34N4O3.HI/c1-5-30-21-11-10-19(17-22(21)31-6-2)13-15-28-24(26-4)27-14-12-18-8-7-9-20(16-18)23(29)25-3;/h7-11,16-17H,5-6,12-15H2,1-4H3,(H,25,29)(H2,26,27,28);1H. The predicted octanol–water partition coefficient (Wildman–Crippen LogP) is 3.41. The quantitative estimate of drug-likeness (QED) is 0.225. The maximum absolute atomic E-state index is 11.8. The monoisotopic (exact) mass is 554 g/mol. The van der Waals surface area contributed by atoms with E-state index in [4.69, 9.17) is 9.47 Å². The minimum absolute atomic E-state index is 0. The lowest BCUT2D eigenvalue weighted by atomic mass is 10.1. The van der Waals surface area contributed by atoms with Crippen molar-refractivity contribution in [3.05, 3.63) is 59.2 Å². The molecule has 0 aromatic heterocycles. The first-order valence-electron chi connectivity index (χ1n) is 10.7. The summed E-state index contributed by atoms with van der Waals surface area (Å²) >= 11 is 0. The second kappa shape index (κ2) is 15.3. The first-order chi connectivity index (χ1) is 15.1. The molecule has 0 aliphatic rings. The van der Waals surface area contributed by atoms with Gasteiger partial charge in [-0.3, -0.25) is 9.79 Å². The highest BCUT2D eigenvalue weighted by molar-refractivity contribution is 14.0. The predicted molar refractivity (Wildman–Crippen MR) is 141 cm³/mol. The number of benzene rings is 2. The van der Waals surface area contributed by atoms with Crippen LogP contribution in [0.25, 0.3) is 0 Å². The lowest BCUT2D eigenvalue weighted by Gasteiger charge is -2.14. The van der Waals surface area contributed by atoms with Crippen LogP contribution in [0.5, 0.6) is 11.5 Å². The van der Waals surface area contributed by atoms with E-state index in [1.165, 1.54) is 5.56 Å². The minimum atomic E-state index is -0.0749. The molecule has 7 nitrogen and oxygen atoms in total. The Morgan fingerprint density at radius 2 is 1.53 bits per heavy atom. The van der Waals surface area contributed by atoms with Gasteiger partial charge in [-0.05, 0) is 62.1 Å². The van der Waals surface area contributed by atoms with Gasteiger partial charge in [-0.2, -0.15) is 0 Å². The van der Waals surface area contributed by atoms with Crippen LogP contribution in [0, 0.1) is 0 Å². The summed E-state index contributed by atoms with van der Waals surface area (Å²) in [5, 5.41) is 9.30. The molecule has 2 aromatic carbocycles. The Hall–Kier alpha value is -2.49. The molecule has 32 heavy (non-hydrogen) atoms. The van der Waals surface area contributed by atoms with Gasteiger partial charge in [0.1, 0.15) is 0 Å². The van der Waals surface area contributed by atoms with E-state index >= 15 is 0 Å². The number of hydrogen-bond acceptors (Lipinski definition) is 4. The van der Waals surface area contributed by atoms with Crippen molar-refractivity contribution in [3.63, 3.8) is 0 Å². The van der Waals surface area contributed by atoms with Gasteiger partial charge < -0.3 is 25.4 Å². The second-order valence-corrected chi connectivity index (χ2v) is 6.85. The molecule has 0 fully saturated rings. The maximum Gasteiger partial charge on any atom is 0.251 e. The molecule has 0 atom stereocenters. The number of amides is 1. The molecule has 0 aliphatic carbocycles. The van der Waals surface area contributed by atoms with E-state index in [0.29, 0.717) is 25.3 Å². The van der Waals surface area contributed by atoms with Crippen LogP contribution in [-0.2, 0) is 12.8 Å². The number of carbonyl (C=O) groups is 1. The van der Waals surface area contributed by atoms with E-state index in [0.717, 1.165) is 42.4 Å². The van der Waals surface area contributed by atoms with E-state index in [1.54, 1.807) is 14.1 Å². The topological polar surface area (TPSA) is 84.0 Å². The molecule has 0 bridgehead atoms. The molecular formula is C24H35IN4O3. The lowest BCUT2D eigenvalue weighted by Crippen LogP contribution is -2.39. The van der Waals surface area contributed by atoms with Crippen molar-refractivity contribution in [2.75, 3.05) is 40.4 Å². The fraction of sp³-hybridized carbons (Fsp3) is 0.417. The number of guanidine groups is 1. The van der Waals surface area contributed by atoms with E-state index in [-0.39, 0.29) is 29.9 Å². The first kappa shape index (κ1) is 27.5. The number of ether oxygens (including phenoxy) is 2. The Morgan fingerprint density at radius 3 is 2.12 bits per heavy atom. The van der Waals surface area contributed by atoms with Crippen LogP contribution in [0.15, 0.2) is 47.5 Å². The zero-order valence-corrected chi connectivity index (χ0v) is 21.7. The van der Waals surface area contributed by atoms with Gasteiger partial charge in [-0.25, -0.2) is 0 Å². The molecule has 0 heterocycles. The van der Waals surface area contributed by atoms with Crippen LogP contribution in [-0.4, -0.2) is 52.3 Å². The number of nitrogens with zero attached hydrogens (tertiary/aromatic N) is 1. The summed E-state index contributed by atoms with van der Waals surface area (Å²) in [5.41, 5.74) is 2.94. The maximum atomic E-state index is 11.8. The van der Waals surface area contributed by atoms with Gasteiger partial charge in [0.25, 0.3) is 5.91 Å². The lowest BCUT2D eigenvalue weighted by molar-refractivity contribution is 0.0963. The molecule has 0 radical (unpaired) electrons. The summed E-state index contributed by atoms with van der Waals surface area (Å²) in [5.74, 6) is 2.23. The third kappa shape index (κ3) is 8.94. The minimum Gasteiger partial charge on any atom is -0.490 e. The van der Waals surface area contributed by atoms with Crippen molar-refractivity contribution in [1.82, 2.24) is 16.0 Å². The second-order valence-electron chi connectivity index (χ2n) is 6.85. The number of nitrogens with one attached hydrogen (secondary N) is 3. The first-order valence-corrected chi connectivity index (χ1v) is 10.7. The van der Waals surface area contributed by atoms with Gasteiger partial charge >= 0.3 is 0 Å². The van der Waals surface area contributed by atoms with Gasteiger partial charge in [0.15, 0.2) is 17.5 Å². The van der Waals surface area contributed by atoms with E-state index < -0.39 is 0 Å². The highest BCUT2D eigenvalue weighted by Gasteiger charge is 2.07. The summed E-state index contributed by atoms with van der Waals surface area (Å²) in [6.07, 6.45) is 1.63. The van der Waals surface area contributed by atoms with Crippen molar-refractivity contribution in [2.24, 2.45) is 4.99 Å². The highest BCUT2D eigenvalue weighted by atomic mass is 127. The molecule has 0 aliphatic heterocycles. The summed E-state index contributed by atoms with van der Waals surface area (Å²) in [7, 11) is 3.39. The molecule has 0 unspecified atom stereocenters. The molecule has 0 saturated carbocycles. The molecule has 0 saturated heterocycles. The summed E-state index contributed by atoms with van der Waals surface area (Å²) in [4.78, 5) is 16.0. The van der Waals surface area contributed by atoms with Gasteiger partial charge in [-0.1, -0.05) is 18.2 Å². The number of halogens is 1. The molecule has 1 amide bonds. The smallest absolute Gasteiger partial charge is 0.251 e. The molecule has 2 aromatic rings. The number of aliphatic imine (C=N–C) groups is 1. The average molecular weight is 554 g/mol. The van der Waals surface area contributed by atoms with Crippen molar-refractivity contribution < 1.29 is 14.3 Å². The summed E-state index contributed by atoms with van der Waals surface area (Å²) < 4.78 is 11.3. The van der Waals surface area contributed by atoms with Crippen molar-refractivity contribution >= 4 is 35.8 Å². The Bertz CT molecular complexity index is 874. The average Bonchev–Trinajstić information content (AvgIpc) is 2.79. The van der Waals surface area contributed by atoms with E-state index in [1.807, 2.05) is 50.2 Å². The number of carbonyl (C=O) groups excluding carboxylic acids is 1. The largest absolute Gasteiger partial charge is 0.490 e. The van der Waals surface area contributed by atoms with Gasteiger partial charge in [0.2, 0.25) is 0 Å². The Balaban J connectivity index is 0.00000512. The number of hydrogen-bond donors (Lipinski definition) is 3. The Morgan fingerprint density at radius 1 is 0.906 bits per heavy atom. The third-order valence-electron chi connectivity index (χ3n) is 4.66. The van der Waals surface area contributed by atoms with Gasteiger partial charge in [-0.15, -0.1) is 24.0 Å². The molecule has 0 spiro atoms. The fourth-order valence-corrected chi connectivity index (χ4v) is 3.13. The number of rotatable bonds is 11. The summed E-state index contributed by atoms with van der Waals surface area (Å²) in [6, 6.07) is 13.7. The van der Waals surface area contributed by atoms with Crippen molar-refractivity contribution in [1.29, 1.82) is 0 Å². The van der Waals surface area contributed by atoms with Crippen LogP contribution < -0.4 is 25.4 Å². The van der Waals surface area contributed by atoms with E-state index in [9.17, 15) is 4.79 Å². The van der Waals surface area contributed by atoms with Crippen LogP contribution >= 0.6 is 24.0 Å². The molecule has 3 N–H and O–H groups in total. The van der Waals surface area contributed by atoms with Gasteiger partial charge in [0, 0.05) is 32.7 Å². The van der Waals surface area contributed by atoms with Crippen molar-refractivity contribution in [3.8, 4) is 11.5 Å². The fourth-order valence-electron chi connectivity index (χ4n) is 3.13. The SMILES string of the molecule is CCOc1ccc(CCNC(=NC)NCCc2cccc(C(=O)NC)c2)cc1OCC.I. The Kier molecular flexibility index (Phi) is 13.2. The zero-order chi connectivity index (χ0) is 22.5. The van der Waals surface area contributed by atoms with Crippen LogP contribution in [0.4, 0.5) is 0 Å². The highest BCUT2D eigenvalue weighted by Crippen LogP contribution is 2.28. The van der Waals surface area contributed by atoms with E-state index in [2.05, 4.69) is 27.0 Å². The summed E-state index contributed by atoms with van der Waals surface area (Å²) in [6.45, 7) is 6.60. The Labute approximate surface area is 208 Å². The normalized spacial score (nSPS) is 10.7. The van der Waals surface area contributed by atoms with Crippen LogP contribution in [0.1, 0.15) is 35.3 Å². The molecule has 176 valence electrons. The van der Waals surface area contributed by atoms with Crippen LogP contribution in [0.2, 0.25) is 0 Å². The molecule has 8 heteroatoms. The van der Waals surface area contributed by atoms with Gasteiger partial charge in [0.05, 0.1) is 13.2 Å². The molecule has 2 rings (SSSR count). The van der Waals surface area contributed by atoms with Crippen LogP contribution in [0.3, 0.4) is 0 Å². The van der Waals surface area contributed by atoms with Crippen molar-refractivity contribution in [2.45, 2.75) is 26.7 Å².